The third-order valence-corrected chi connectivity index (χ3v) is 23.0. The number of Topliss-reactive ketones (excluding diaryl/α,β-unsaturated/α-hetero) is 3. The number of cyclic esters (lactones) is 1. The van der Waals surface area contributed by atoms with Gasteiger partial charge in [0.15, 0.2) is 17.4 Å². The second kappa shape index (κ2) is 43.2. The molecule has 2 saturated carbocycles. The first-order valence-electron chi connectivity index (χ1n) is 39.2. The molecule has 3 saturated heterocycles. The van der Waals surface area contributed by atoms with Gasteiger partial charge >= 0.3 is 12.1 Å². The molecule has 1 amide bonds. The van der Waals surface area contributed by atoms with E-state index in [0.717, 1.165) is 47.5 Å². The van der Waals surface area contributed by atoms with Crippen molar-refractivity contribution >= 4 is 58.5 Å². The van der Waals surface area contributed by atoms with Crippen LogP contribution in [0.2, 0.25) is 0 Å². The first kappa shape index (κ1) is 90.0. The summed E-state index contributed by atoms with van der Waals surface area (Å²) in [5.41, 5.74) is 3.88. The van der Waals surface area contributed by atoms with Gasteiger partial charge < -0.3 is 93.4 Å². The largest absolute Gasteiger partial charge is 0.508 e. The van der Waals surface area contributed by atoms with Gasteiger partial charge in [0.1, 0.15) is 66.4 Å². The molecule has 22 atom stereocenters. The molecule has 610 valence electrons. The number of allylic oxidation sites excluding steroid dienone is 6. The van der Waals surface area contributed by atoms with Crippen LogP contribution in [0.1, 0.15) is 158 Å². The van der Waals surface area contributed by atoms with Crippen LogP contribution in [-0.2, 0) is 57.2 Å². The van der Waals surface area contributed by atoms with Gasteiger partial charge in [-0.05, 0) is 144 Å². The molecule has 5 fully saturated rings. The van der Waals surface area contributed by atoms with E-state index in [4.69, 9.17) is 37.9 Å². The van der Waals surface area contributed by atoms with E-state index in [0.29, 0.717) is 93.8 Å². The number of aliphatic hydroxyl groups is 9. The number of hydrogen-bond donors (Lipinski definition) is 9. The Kier molecular flexibility index (Phi) is 35.3. The van der Waals surface area contributed by atoms with Crippen molar-refractivity contribution in [2.24, 2.45) is 53.3 Å². The average molecular weight is 1540 g/mol. The van der Waals surface area contributed by atoms with Crippen molar-refractivity contribution in [2.45, 2.75) is 237 Å². The second-order valence-corrected chi connectivity index (χ2v) is 31.0. The quantitative estimate of drug-likeness (QED) is 0.0242. The predicted molar refractivity (Wildman–Crippen MR) is 410 cm³/mol. The minimum absolute atomic E-state index is 0.0320. The van der Waals surface area contributed by atoms with Crippen molar-refractivity contribution < 1.29 is 112 Å². The van der Waals surface area contributed by atoms with Gasteiger partial charge in [-0.15, -0.1) is 0 Å². The van der Waals surface area contributed by atoms with Crippen molar-refractivity contribution in [3.8, 4) is 11.1 Å². The highest BCUT2D eigenvalue weighted by Crippen LogP contribution is 2.40. The van der Waals surface area contributed by atoms with Crippen LogP contribution in [0, 0.1) is 53.3 Å². The SMILES string of the molecule is CC[C@H](COC(=O)OC1C(O)C(O)C(O)C(CO)C1O)OC.CO[C@H]1CC2CC[C@@H](C)[C@@](O)(O2)C(=O)C(=O)N2CCCC[C@H]2C(=O)O[C@H](C(C)CC2CC[C@@H](O)[C@H](CO)C2)CC(=O)[C@H](C)/C=C(\C)[C@@H](O)C(C=O)C(=O)[C@H](C)CC(C)/C=C/C=C/C=C/1C.O=c1cc(N2CCCCC2)oc2c(-c3ccccc3)cccc12. The number of carbonyl (C=O) groups is 7. The van der Waals surface area contributed by atoms with Crippen molar-refractivity contribution in [3.63, 3.8) is 0 Å². The lowest BCUT2D eigenvalue weighted by atomic mass is 9.75. The molecule has 110 heavy (non-hydrogen) atoms. The first-order chi connectivity index (χ1) is 52.4. The molecule has 11 unspecified atom stereocenters. The summed E-state index contributed by atoms with van der Waals surface area (Å²) < 4.78 is 39.0. The van der Waals surface area contributed by atoms with Gasteiger partial charge in [0.25, 0.3) is 11.7 Å². The van der Waals surface area contributed by atoms with Gasteiger partial charge in [0.2, 0.25) is 5.79 Å². The number of amides is 1. The molecule has 0 spiro atoms. The second-order valence-electron chi connectivity index (χ2n) is 31.0. The fraction of sp³-hybridized carbons (Fsp3) is 0.643. The average Bonchev–Trinajstić information content (AvgIpc) is 0.783. The van der Waals surface area contributed by atoms with E-state index in [1.54, 1.807) is 40.9 Å². The molecule has 9 rings (SSSR count). The summed E-state index contributed by atoms with van der Waals surface area (Å²) in [4.78, 5) is 110. The number of esters is 1. The van der Waals surface area contributed by atoms with Crippen molar-refractivity contribution in [2.75, 3.05) is 58.6 Å². The normalized spacial score (nSPS) is 34.3. The number of nitrogens with zero attached hydrogens (tertiary/aromatic N) is 2. The van der Waals surface area contributed by atoms with Crippen LogP contribution in [0.15, 0.2) is 111 Å². The summed E-state index contributed by atoms with van der Waals surface area (Å²) in [6, 6.07) is 16.3. The van der Waals surface area contributed by atoms with Crippen LogP contribution in [0.4, 0.5) is 10.7 Å². The lowest BCUT2D eigenvalue weighted by molar-refractivity contribution is -0.265. The molecule has 1 aromatic heterocycles. The molecule has 3 aromatic rings. The lowest BCUT2D eigenvalue weighted by Gasteiger charge is -2.42. The molecule has 9 N–H and O–H groups in total. The number of carbonyl (C=O) groups excluding carboxylic acids is 7. The highest BCUT2D eigenvalue weighted by molar-refractivity contribution is 6.39. The van der Waals surface area contributed by atoms with E-state index in [1.165, 1.54) is 19.6 Å². The number of fused-ring (bicyclic) bond motifs is 4. The van der Waals surface area contributed by atoms with Crippen LogP contribution >= 0.6 is 0 Å². The van der Waals surface area contributed by atoms with Gasteiger partial charge in [-0.2, -0.15) is 0 Å². The maximum absolute atomic E-state index is 14.3. The zero-order valence-electron chi connectivity index (χ0n) is 65.5. The highest BCUT2D eigenvalue weighted by Gasteiger charge is 2.54. The van der Waals surface area contributed by atoms with Gasteiger partial charge in [-0.3, -0.25) is 24.0 Å². The summed E-state index contributed by atoms with van der Waals surface area (Å²) in [6.45, 7) is 15.2. The van der Waals surface area contributed by atoms with E-state index >= 15 is 0 Å². The monoisotopic (exact) mass is 1540 g/mol. The Hall–Kier alpha value is -7.18. The number of benzene rings is 2. The molecule has 2 bridgehead atoms. The fourth-order valence-corrected chi connectivity index (χ4v) is 15.8. The smallest absolute Gasteiger partial charge is 0.460 e. The van der Waals surface area contributed by atoms with E-state index in [-0.39, 0.29) is 79.2 Å². The zero-order chi connectivity index (χ0) is 80.7. The summed E-state index contributed by atoms with van der Waals surface area (Å²) in [5.74, 6) is -10.8. The Bertz CT molecular complexity index is 3680. The molecular formula is C84H120N2O24. The topological polar surface area (TPSA) is 394 Å². The van der Waals surface area contributed by atoms with E-state index in [1.807, 2.05) is 107 Å². The molecule has 2 aromatic carbocycles. The Morgan fingerprint density at radius 3 is 2.14 bits per heavy atom. The van der Waals surface area contributed by atoms with Gasteiger partial charge in [-0.25, -0.2) is 9.59 Å². The molecule has 6 aliphatic rings. The molecule has 2 aliphatic carbocycles. The Morgan fingerprint density at radius 1 is 0.764 bits per heavy atom. The van der Waals surface area contributed by atoms with Crippen molar-refractivity contribution in [3.05, 3.63) is 112 Å². The third kappa shape index (κ3) is 23.7. The van der Waals surface area contributed by atoms with Crippen molar-refractivity contribution in [1.29, 1.82) is 0 Å². The van der Waals surface area contributed by atoms with Crippen LogP contribution in [-0.4, -0.2) is 225 Å². The number of methoxy groups -OCH3 is 2. The zero-order valence-corrected chi connectivity index (χ0v) is 65.5. The minimum Gasteiger partial charge on any atom is -0.460 e. The number of rotatable bonds is 14. The molecule has 26 nitrogen and oxygen atoms in total. The van der Waals surface area contributed by atoms with Crippen molar-refractivity contribution in [1.82, 2.24) is 4.90 Å². The predicted octanol–water partition coefficient (Wildman–Crippen LogP) is 8.02. The summed E-state index contributed by atoms with van der Waals surface area (Å²) in [5, 5.41) is 92.4. The van der Waals surface area contributed by atoms with E-state index in [2.05, 4.69) is 4.90 Å². The Balaban J connectivity index is 0.000000299. The highest BCUT2D eigenvalue weighted by atomic mass is 16.7. The number of aliphatic hydroxyl groups excluding tert-OH is 8. The number of aldehydes is 1. The molecule has 4 aliphatic heterocycles. The lowest BCUT2D eigenvalue weighted by Crippen LogP contribution is -2.63. The third-order valence-electron chi connectivity index (χ3n) is 23.0. The van der Waals surface area contributed by atoms with Crippen LogP contribution in [0.5, 0.6) is 0 Å². The first-order valence-corrected chi connectivity index (χ1v) is 39.2. The number of para-hydroxylation sites is 1. The number of hydrogen-bond acceptors (Lipinski definition) is 25. The van der Waals surface area contributed by atoms with Crippen LogP contribution < -0.4 is 10.3 Å². The fourth-order valence-electron chi connectivity index (χ4n) is 15.8. The Morgan fingerprint density at radius 2 is 1.47 bits per heavy atom. The minimum atomic E-state index is -2.45. The molecule has 26 heteroatoms. The number of anilines is 1. The van der Waals surface area contributed by atoms with Gasteiger partial charge in [-0.1, -0.05) is 120 Å². The van der Waals surface area contributed by atoms with Crippen LogP contribution in [0.25, 0.3) is 22.1 Å². The summed E-state index contributed by atoms with van der Waals surface area (Å²) >= 11 is 0. The number of ether oxygens (including phenoxy) is 6. The molecule has 0 radical (unpaired) electrons. The van der Waals surface area contributed by atoms with E-state index in [9.17, 15) is 79.2 Å². The number of ketones is 3. The molecular weight excluding hydrogens is 1420 g/mol. The van der Waals surface area contributed by atoms with Gasteiger partial charge in [0, 0.05) is 94.5 Å². The van der Waals surface area contributed by atoms with Gasteiger partial charge in [0.05, 0.1) is 48.6 Å². The Labute approximate surface area is 645 Å². The molecule has 5 heterocycles. The number of piperidine rings is 2. The summed E-state index contributed by atoms with van der Waals surface area (Å²) in [7, 11) is 3.02. The maximum atomic E-state index is 14.3. The maximum Gasteiger partial charge on any atom is 0.508 e. The standard InChI is InChI=1S/C51H77NO13.C20H19NO2.C13H24O9/c1-30-14-10-9-11-15-31(2)44(63-8)26-39-19-17-36(7)51(62,65-39)48(59)49(60)52-21-13-12-16-41(52)50(61)64-45(33(4)24-37-18-20-42(55)38(25-37)28-53)27-43(56)32(3)23-35(6)47(58)40(29-54)46(57)34(5)22-30;22-18-14-19(21-12-5-2-6-13-21)23-20-16(10-7-11-17(18)20)15-8-3-1-4-9-15;1-3-6(20-2)5-21-13(19)22-12-9(16)7(4-14)8(15)10(17)11(12)18/h9-11,14-15,23,29-30,32-34,36-42,44-45,47,53,55,58,62H,12-13,16-22,24-28H2,1-8H3;1,3-4,7-11,14H,2,5-6,12-13H2;6-12,14-18H,3-5H2,1-2H3/b11-9+,14-10+,31-15+,35-23+;;/t30?,32-,33?,34-,36-,37?,38+,39?,40?,41+,42-,44+,45+,47-,51-;;6-,7?,8?,9?,10?,11?,12?/m1.1/s1. The van der Waals surface area contributed by atoms with Crippen LogP contribution in [0.3, 0.4) is 0 Å². The van der Waals surface area contributed by atoms with E-state index < -0.39 is 139 Å². The summed E-state index contributed by atoms with van der Waals surface area (Å²) in [6.07, 6.45) is 6.83.